The minimum absolute atomic E-state index is 0.00893. The summed E-state index contributed by atoms with van der Waals surface area (Å²) in [4.78, 5) is 25.0. The van der Waals surface area contributed by atoms with E-state index in [9.17, 15) is 14.0 Å². The second kappa shape index (κ2) is 8.95. The fourth-order valence-electron chi connectivity index (χ4n) is 2.71. The first kappa shape index (κ1) is 21.3. The number of ketones is 1. The summed E-state index contributed by atoms with van der Waals surface area (Å²) < 4.78 is 19.9. The highest BCUT2D eigenvalue weighted by atomic mass is 35.5. The Morgan fingerprint density at radius 2 is 1.77 bits per heavy atom. The summed E-state index contributed by atoms with van der Waals surface area (Å²) in [6, 6.07) is 14.4. The van der Waals surface area contributed by atoms with E-state index in [1.165, 1.54) is 25.1 Å². The van der Waals surface area contributed by atoms with Gasteiger partial charge in [0.2, 0.25) is 0 Å². The Hall–Kier alpha value is -3.40. The number of nitriles is 1. The van der Waals surface area contributed by atoms with Crippen molar-refractivity contribution in [3.8, 4) is 17.6 Å². The molecule has 0 unspecified atom stereocenters. The molecule has 0 spiro atoms. The lowest BCUT2D eigenvalue weighted by atomic mass is 10.1. The number of Topliss-reactive ketones (excluding diaryl/α,β-unsaturated/α-hetero) is 1. The lowest BCUT2D eigenvalue weighted by Gasteiger charge is -2.15. The number of hydrogen-bond donors (Lipinski definition) is 1. The Labute approximate surface area is 181 Å². The molecule has 30 heavy (non-hydrogen) atoms. The zero-order valence-electron chi connectivity index (χ0n) is 15.5. The molecule has 0 saturated heterocycles. The quantitative estimate of drug-likeness (QED) is 0.473. The molecule has 0 aromatic heterocycles. The molecular weight excluding hydrogens is 430 g/mol. The minimum atomic E-state index is -0.726. The van der Waals surface area contributed by atoms with Crippen molar-refractivity contribution in [2.45, 2.75) is 6.92 Å². The number of anilines is 1. The highest BCUT2D eigenvalue weighted by molar-refractivity contribution is 6.34. The van der Waals surface area contributed by atoms with Gasteiger partial charge in [0.1, 0.15) is 17.3 Å². The van der Waals surface area contributed by atoms with E-state index >= 15 is 0 Å². The van der Waals surface area contributed by atoms with Crippen LogP contribution in [-0.2, 0) is 0 Å². The number of halogens is 3. The first-order valence-corrected chi connectivity index (χ1v) is 9.33. The maximum atomic E-state index is 14.3. The SMILES string of the molecule is CC(=O)c1c(NC(=O)c2cc(C#N)ccc2Cl)cc(F)cc1Oc1ccc(Cl)cc1. The number of benzene rings is 3. The molecular formula is C22H13Cl2FN2O3. The van der Waals surface area contributed by atoms with Crippen LogP contribution in [0.3, 0.4) is 0 Å². The molecule has 0 radical (unpaired) electrons. The van der Waals surface area contributed by atoms with E-state index < -0.39 is 17.5 Å². The minimum Gasteiger partial charge on any atom is -0.456 e. The maximum Gasteiger partial charge on any atom is 0.257 e. The van der Waals surface area contributed by atoms with Crippen molar-refractivity contribution in [2.75, 3.05) is 5.32 Å². The molecule has 150 valence electrons. The van der Waals surface area contributed by atoms with Crippen LogP contribution in [0.25, 0.3) is 0 Å². The summed E-state index contributed by atoms with van der Waals surface area (Å²) in [5, 5.41) is 12.1. The van der Waals surface area contributed by atoms with Gasteiger partial charge < -0.3 is 10.1 Å². The van der Waals surface area contributed by atoms with Crippen molar-refractivity contribution in [3.63, 3.8) is 0 Å². The molecule has 0 atom stereocenters. The van der Waals surface area contributed by atoms with Gasteiger partial charge >= 0.3 is 0 Å². The first-order chi connectivity index (χ1) is 14.3. The van der Waals surface area contributed by atoms with Gasteiger partial charge in [-0.1, -0.05) is 23.2 Å². The zero-order chi connectivity index (χ0) is 21.8. The topological polar surface area (TPSA) is 79.2 Å². The average molecular weight is 443 g/mol. The van der Waals surface area contributed by atoms with Gasteiger partial charge in [0, 0.05) is 11.1 Å². The predicted octanol–water partition coefficient (Wildman–Crippen LogP) is 6.25. The molecule has 0 aliphatic heterocycles. The number of nitrogens with one attached hydrogen (secondary N) is 1. The van der Waals surface area contributed by atoms with Crippen LogP contribution in [0.15, 0.2) is 54.6 Å². The Morgan fingerprint density at radius 3 is 2.40 bits per heavy atom. The number of nitrogens with zero attached hydrogens (tertiary/aromatic N) is 1. The summed E-state index contributed by atoms with van der Waals surface area (Å²) in [6.07, 6.45) is 0. The zero-order valence-corrected chi connectivity index (χ0v) is 17.0. The molecule has 3 rings (SSSR count). The summed E-state index contributed by atoms with van der Waals surface area (Å²) >= 11 is 11.9. The summed E-state index contributed by atoms with van der Waals surface area (Å²) in [5.74, 6) is -1.63. The highest BCUT2D eigenvalue weighted by Gasteiger charge is 2.21. The lowest BCUT2D eigenvalue weighted by molar-refractivity contribution is 0.101. The van der Waals surface area contributed by atoms with Gasteiger partial charge in [0.05, 0.1) is 33.5 Å². The van der Waals surface area contributed by atoms with Gasteiger partial charge in [0.25, 0.3) is 5.91 Å². The van der Waals surface area contributed by atoms with E-state index in [-0.39, 0.29) is 33.1 Å². The van der Waals surface area contributed by atoms with Crippen molar-refractivity contribution in [1.29, 1.82) is 5.26 Å². The largest absolute Gasteiger partial charge is 0.456 e. The lowest BCUT2D eigenvalue weighted by Crippen LogP contribution is -2.16. The number of carbonyl (C=O) groups excluding carboxylic acids is 2. The molecule has 3 aromatic rings. The number of hydrogen-bond acceptors (Lipinski definition) is 4. The summed E-state index contributed by atoms with van der Waals surface area (Å²) in [5.41, 5.74) is 0.124. The molecule has 0 heterocycles. The molecule has 8 heteroatoms. The normalized spacial score (nSPS) is 10.2. The first-order valence-electron chi connectivity index (χ1n) is 8.57. The van der Waals surface area contributed by atoms with E-state index in [1.807, 2.05) is 6.07 Å². The predicted molar refractivity (Wildman–Crippen MR) is 112 cm³/mol. The van der Waals surface area contributed by atoms with E-state index in [1.54, 1.807) is 24.3 Å². The van der Waals surface area contributed by atoms with Crippen LogP contribution < -0.4 is 10.1 Å². The molecule has 0 aliphatic carbocycles. The number of ether oxygens (including phenoxy) is 1. The molecule has 1 amide bonds. The molecule has 0 bridgehead atoms. The average Bonchev–Trinajstić information content (AvgIpc) is 2.69. The van der Waals surface area contributed by atoms with Crippen LogP contribution in [0.4, 0.5) is 10.1 Å². The third kappa shape index (κ3) is 4.77. The van der Waals surface area contributed by atoms with Gasteiger partial charge in [-0.15, -0.1) is 0 Å². The van der Waals surface area contributed by atoms with Crippen LogP contribution in [0, 0.1) is 17.1 Å². The second-order valence-electron chi connectivity index (χ2n) is 6.20. The Morgan fingerprint density at radius 1 is 1.07 bits per heavy atom. The van der Waals surface area contributed by atoms with Crippen molar-refractivity contribution >= 4 is 40.6 Å². The highest BCUT2D eigenvalue weighted by Crippen LogP contribution is 2.33. The van der Waals surface area contributed by atoms with Gasteiger partial charge in [-0.05, 0) is 55.5 Å². The molecule has 0 aliphatic rings. The molecule has 1 N–H and O–H groups in total. The summed E-state index contributed by atoms with van der Waals surface area (Å²) in [7, 11) is 0. The fourth-order valence-corrected chi connectivity index (χ4v) is 3.04. The van der Waals surface area contributed by atoms with Crippen molar-refractivity contribution < 1.29 is 18.7 Å². The number of rotatable bonds is 5. The fraction of sp³-hybridized carbons (Fsp3) is 0.0455. The monoisotopic (exact) mass is 442 g/mol. The number of carbonyl (C=O) groups is 2. The molecule has 3 aromatic carbocycles. The Balaban J connectivity index is 2.01. The van der Waals surface area contributed by atoms with Gasteiger partial charge in [-0.2, -0.15) is 5.26 Å². The second-order valence-corrected chi connectivity index (χ2v) is 7.04. The van der Waals surface area contributed by atoms with E-state index in [0.717, 1.165) is 12.1 Å². The van der Waals surface area contributed by atoms with Crippen LogP contribution in [-0.4, -0.2) is 11.7 Å². The van der Waals surface area contributed by atoms with E-state index in [2.05, 4.69) is 5.32 Å². The van der Waals surface area contributed by atoms with Gasteiger partial charge in [-0.25, -0.2) is 4.39 Å². The molecule has 0 saturated carbocycles. The van der Waals surface area contributed by atoms with Crippen LogP contribution in [0.5, 0.6) is 11.5 Å². The van der Waals surface area contributed by atoms with Gasteiger partial charge in [-0.3, -0.25) is 9.59 Å². The van der Waals surface area contributed by atoms with Crippen LogP contribution in [0.2, 0.25) is 10.0 Å². The summed E-state index contributed by atoms with van der Waals surface area (Å²) in [6.45, 7) is 1.26. The third-order valence-corrected chi connectivity index (χ3v) is 4.63. The van der Waals surface area contributed by atoms with Crippen LogP contribution >= 0.6 is 23.2 Å². The van der Waals surface area contributed by atoms with E-state index in [4.69, 9.17) is 33.2 Å². The van der Waals surface area contributed by atoms with E-state index in [0.29, 0.717) is 10.8 Å². The standard InChI is InChI=1S/C22H13Cl2FN2O3/c1-12(28)21-19(27-22(29)17-8-13(11-26)2-7-18(17)24)9-15(25)10-20(21)30-16-5-3-14(23)4-6-16/h2-10H,1H3,(H,27,29). The smallest absolute Gasteiger partial charge is 0.257 e. The molecule has 0 fully saturated rings. The van der Waals surface area contributed by atoms with Crippen molar-refractivity contribution in [1.82, 2.24) is 0 Å². The number of amides is 1. The molecule has 5 nitrogen and oxygen atoms in total. The third-order valence-electron chi connectivity index (χ3n) is 4.05. The van der Waals surface area contributed by atoms with Gasteiger partial charge in [0.15, 0.2) is 5.78 Å². The Kier molecular flexibility index (Phi) is 6.36. The van der Waals surface area contributed by atoms with Crippen LogP contribution in [0.1, 0.15) is 33.2 Å². The Bertz CT molecular complexity index is 1190. The maximum absolute atomic E-state index is 14.3. The van der Waals surface area contributed by atoms with Crippen molar-refractivity contribution in [2.24, 2.45) is 0 Å². The van der Waals surface area contributed by atoms with Crippen molar-refractivity contribution in [3.05, 3.63) is 87.2 Å².